The largest absolute Gasteiger partial charge is 0.459 e. The maximum absolute atomic E-state index is 12.0. The van der Waals surface area contributed by atoms with Crippen LogP contribution in [0.1, 0.15) is 16.1 Å². The van der Waals surface area contributed by atoms with Gasteiger partial charge in [0.25, 0.3) is 5.91 Å². The monoisotopic (exact) mass is 400 g/mol. The quantitative estimate of drug-likeness (QED) is 0.556. The molecule has 0 saturated carbocycles. The Morgan fingerprint density at radius 2 is 1.63 bits per heavy atom. The van der Waals surface area contributed by atoms with E-state index in [-0.39, 0.29) is 17.6 Å². The fourth-order valence-electron chi connectivity index (χ4n) is 2.22. The second kappa shape index (κ2) is 8.58. The highest BCUT2D eigenvalue weighted by molar-refractivity contribution is 6.35. The zero-order valence-corrected chi connectivity index (χ0v) is 15.4. The van der Waals surface area contributed by atoms with E-state index in [0.717, 1.165) is 0 Å². The first kappa shape index (κ1) is 18.8. The van der Waals surface area contributed by atoms with Crippen molar-refractivity contribution >= 4 is 52.5 Å². The molecule has 0 fully saturated rings. The van der Waals surface area contributed by atoms with Gasteiger partial charge >= 0.3 is 0 Å². The van der Waals surface area contributed by atoms with Crippen molar-refractivity contribution in [2.75, 3.05) is 10.6 Å². The Balaban J connectivity index is 1.58. The second-order valence-corrected chi connectivity index (χ2v) is 6.34. The average molecular weight is 401 g/mol. The average Bonchev–Trinajstić information content (AvgIpc) is 3.17. The van der Waals surface area contributed by atoms with Gasteiger partial charge in [0, 0.05) is 27.5 Å². The summed E-state index contributed by atoms with van der Waals surface area (Å²) in [6.45, 7) is 0. The van der Waals surface area contributed by atoms with Gasteiger partial charge in [0.1, 0.15) is 0 Å². The van der Waals surface area contributed by atoms with Gasteiger partial charge in [-0.05, 0) is 60.2 Å². The minimum Gasteiger partial charge on any atom is -0.459 e. The Kier molecular flexibility index (Phi) is 5.96. The van der Waals surface area contributed by atoms with E-state index in [1.165, 1.54) is 12.3 Å². The van der Waals surface area contributed by atoms with Crippen molar-refractivity contribution in [1.29, 1.82) is 0 Å². The fraction of sp³-hybridized carbons (Fsp3) is 0. The molecule has 2 N–H and O–H groups in total. The molecule has 0 spiro atoms. The summed E-state index contributed by atoms with van der Waals surface area (Å²) in [5.74, 6) is -0.439. The summed E-state index contributed by atoms with van der Waals surface area (Å²) < 4.78 is 5.03. The van der Waals surface area contributed by atoms with Gasteiger partial charge in [0.2, 0.25) is 5.91 Å². The van der Waals surface area contributed by atoms with Crippen molar-refractivity contribution in [1.82, 2.24) is 0 Å². The molecule has 0 bridgehead atoms. The van der Waals surface area contributed by atoms with E-state index < -0.39 is 0 Å². The number of anilines is 2. The third-order valence-corrected chi connectivity index (χ3v) is 4.09. The molecule has 0 saturated heterocycles. The van der Waals surface area contributed by atoms with Crippen LogP contribution in [-0.2, 0) is 4.79 Å². The summed E-state index contributed by atoms with van der Waals surface area (Å²) >= 11 is 11.9. The Bertz CT molecular complexity index is 981. The molecule has 0 aliphatic rings. The number of halogens is 2. The van der Waals surface area contributed by atoms with Crippen LogP contribution >= 0.6 is 23.2 Å². The summed E-state index contributed by atoms with van der Waals surface area (Å²) in [6, 6.07) is 15.0. The Morgan fingerprint density at radius 3 is 2.26 bits per heavy atom. The number of carbonyl (C=O) groups excluding carboxylic acids is 2. The van der Waals surface area contributed by atoms with Crippen LogP contribution in [0.4, 0.5) is 11.4 Å². The highest BCUT2D eigenvalue weighted by atomic mass is 35.5. The molecule has 3 aromatic rings. The molecule has 0 aliphatic heterocycles. The van der Waals surface area contributed by atoms with E-state index in [9.17, 15) is 9.59 Å². The van der Waals surface area contributed by atoms with Crippen LogP contribution in [0.2, 0.25) is 10.0 Å². The lowest BCUT2D eigenvalue weighted by molar-refractivity contribution is -0.111. The topological polar surface area (TPSA) is 71.3 Å². The smallest absolute Gasteiger partial charge is 0.291 e. The van der Waals surface area contributed by atoms with Crippen LogP contribution in [0, 0.1) is 0 Å². The van der Waals surface area contributed by atoms with Gasteiger partial charge in [-0.15, -0.1) is 0 Å². The van der Waals surface area contributed by atoms with E-state index in [4.69, 9.17) is 27.6 Å². The molecular formula is C20H14Cl2N2O3. The summed E-state index contributed by atoms with van der Waals surface area (Å²) in [4.78, 5) is 23.9. The van der Waals surface area contributed by atoms with Crippen LogP contribution in [0.15, 0.2) is 71.4 Å². The molecule has 136 valence electrons. The number of carbonyl (C=O) groups is 2. The Labute approximate surface area is 165 Å². The number of hydrogen-bond donors (Lipinski definition) is 2. The fourth-order valence-corrected chi connectivity index (χ4v) is 2.69. The molecule has 1 heterocycles. The molecule has 27 heavy (non-hydrogen) atoms. The molecule has 5 nitrogen and oxygen atoms in total. The molecule has 0 aliphatic carbocycles. The standard InChI is InChI=1S/C20H14Cl2N2O3/c21-14-5-3-13(17(22)12-14)4-10-19(25)23-15-6-8-16(9-7-15)24-20(26)18-2-1-11-27-18/h1-12H,(H,23,25)(H,24,26)/b10-4+. The van der Waals surface area contributed by atoms with Gasteiger partial charge in [0.05, 0.1) is 6.26 Å². The minimum atomic E-state index is -0.348. The Hall–Kier alpha value is -3.02. The summed E-state index contributed by atoms with van der Waals surface area (Å²) in [6.07, 6.45) is 4.41. The number of amides is 2. The molecule has 7 heteroatoms. The molecule has 2 amide bonds. The highest BCUT2D eigenvalue weighted by Gasteiger charge is 2.08. The Morgan fingerprint density at radius 1 is 0.926 bits per heavy atom. The van der Waals surface area contributed by atoms with E-state index in [2.05, 4.69) is 10.6 Å². The van der Waals surface area contributed by atoms with Crippen molar-refractivity contribution < 1.29 is 14.0 Å². The lowest BCUT2D eigenvalue weighted by Crippen LogP contribution is -2.11. The number of nitrogens with one attached hydrogen (secondary N) is 2. The first-order valence-electron chi connectivity index (χ1n) is 7.90. The lowest BCUT2D eigenvalue weighted by Gasteiger charge is -2.06. The predicted molar refractivity (Wildman–Crippen MR) is 107 cm³/mol. The minimum absolute atomic E-state index is 0.221. The zero-order chi connectivity index (χ0) is 19.2. The maximum Gasteiger partial charge on any atom is 0.291 e. The first-order chi connectivity index (χ1) is 13.0. The number of furan rings is 1. The van der Waals surface area contributed by atoms with Crippen LogP contribution in [-0.4, -0.2) is 11.8 Å². The molecule has 2 aromatic carbocycles. The summed E-state index contributed by atoms with van der Waals surface area (Å²) in [5, 5.41) is 6.41. The molecular weight excluding hydrogens is 387 g/mol. The van der Waals surface area contributed by atoms with Crippen molar-refractivity contribution in [3.63, 3.8) is 0 Å². The number of rotatable bonds is 5. The van der Waals surface area contributed by atoms with E-state index in [1.54, 1.807) is 60.7 Å². The predicted octanol–water partition coefficient (Wildman–Crippen LogP) is 5.49. The van der Waals surface area contributed by atoms with E-state index >= 15 is 0 Å². The number of benzene rings is 2. The van der Waals surface area contributed by atoms with Crippen molar-refractivity contribution in [2.24, 2.45) is 0 Å². The maximum atomic E-state index is 12.0. The summed E-state index contributed by atoms with van der Waals surface area (Å²) in [7, 11) is 0. The van der Waals surface area contributed by atoms with E-state index in [0.29, 0.717) is 27.0 Å². The summed E-state index contributed by atoms with van der Waals surface area (Å²) in [5.41, 5.74) is 1.85. The van der Waals surface area contributed by atoms with Gasteiger partial charge in [-0.2, -0.15) is 0 Å². The van der Waals surface area contributed by atoms with Crippen LogP contribution in [0.25, 0.3) is 6.08 Å². The third-order valence-electron chi connectivity index (χ3n) is 3.53. The van der Waals surface area contributed by atoms with Gasteiger partial charge < -0.3 is 15.1 Å². The van der Waals surface area contributed by atoms with Gasteiger partial charge in [-0.3, -0.25) is 9.59 Å². The van der Waals surface area contributed by atoms with Crippen molar-refractivity contribution in [3.8, 4) is 0 Å². The molecule has 0 atom stereocenters. The SMILES string of the molecule is O=C(/C=C/c1ccc(Cl)cc1Cl)Nc1ccc(NC(=O)c2ccco2)cc1. The molecule has 3 rings (SSSR count). The normalized spacial score (nSPS) is 10.7. The van der Waals surface area contributed by atoms with Gasteiger partial charge in [0.15, 0.2) is 5.76 Å². The van der Waals surface area contributed by atoms with Crippen molar-refractivity contribution in [3.05, 3.63) is 88.3 Å². The zero-order valence-electron chi connectivity index (χ0n) is 13.9. The highest BCUT2D eigenvalue weighted by Crippen LogP contribution is 2.22. The first-order valence-corrected chi connectivity index (χ1v) is 8.66. The third kappa shape index (κ3) is 5.23. The van der Waals surface area contributed by atoms with Crippen molar-refractivity contribution in [2.45, 2.75) is 0 Å². The molecule has 0 radical (unpaired) electrons. The van der Waals surface area contributed by atoms with Crippen LogP contribution < -0.4 is 10.6 Å². The molecule has 1 aromatic heterocycles. The second-order valence-electron chi connectivity index (χ2n) is 5.50. The van der Waals surface area contributed by atoms with Gasteiger partial charge in [-0.1, -0.05) is 29.3 Å². The lowest BCUT2D eigenvalue weighted by atomic mass is 10.2. The van der Waals surface area contributed by atoms with Gasteiger partial charge in [-0.25, -0.2) is 0 Å². The van der Waals surface area contributed by atoms with E-state index in [1.807, 2.05) is 0 Å². The van der Waals surface area contributed by atoms with Crippen LogP contribution in [0.5, 0.6) is 0 Å². The number of hydrogen-bond acceptors (Lipinski definition) is 3. The van der Waals surface area contributed by atoms with Crippen LogP contribution in [0.3, 0.4) is 0 Å². The molecule has 0 unspecified atom stereocenters.